The Hall–Kier alpha value is -2.76. The second-order valence-electron chi connectivity index (χ2n) is 15.8. The molecule has 0 N–H and O–H groups in total. The highest BCUT2D eigenvalue weighted by Crippen LogP contribution is 2.48. The number of benzene rings is 2. The van der Waals surface area contributed by atoms with Gasteiger partial charge in [-0.2, -0.15) is 0 Å². The first-order valence-corrected chi connectivity index (χ1v) is 21.6. The lowest BCUT2D eigenvalue weighted by molar-refractivity contribution is -0.154. The lowest BCUT2D eigenvalue weighted by Gasteiger charge is -2.45. The quantitative estimate of drug-likeness (QED) is 0.0986. The highest BCUT2D eigenvalue weighted by atomic mass is 28.4. The Morgan fingerprint density at radius 3 is 2.02 bits per heavy atom. The van der Waals surface area contributed by atoms with Crippen LogP contribution in [0.4, 0.5) is 0 Å². The fourth-order valence-electron chi connectivity index (χ4n) is 6.59. The zero-order valence-electron chi connectivity index (χ0n) is 30.4. The van der Waals surface area contributed by atoms with Crippen molar-refractivity contribution in [2.75, 3.05) is 27.1 Å². The summed E-state index contributed by atoms with van der Waals surface area (Å²) in [5, 5.41) is 2.46. The zero-order chi connectivity index (χ0) is 34.7. The van der Waals surface area contributed by atoms with Crippen LogP contribution in [0.2, 0.25) is 23.2 Å². The number of rotatable bonds is 12. The summed E-state index contributed by atoms with van der Waals surface area (Å²) in [5.74, 6) is -0.0767. The summed E-state index contributed by atoms with van der Waals surface area (Å²) >= 11 is 0. The van der Waals surface area contributed by atoms with E-state index in [-0.39, 0.29) is 28.7 Å². The lowest BCUT2D eigenvalue weighted by atomic mass is 9.71. The van der Waals surface area contributed by atoms with E-state index in [1.165, 1.54) is 22.0 Å². The van der Waals surface area contributed by atoms with Crippen molar-refractivity contribution >= 4 is 33.0 Å². The molecule has 256 valence electrons. The van der Waals surface area contributed by atoms with Gasteiger partial charge in [-0.1, -0.05) is 127 Å². The maximum atomic E-state index is 12.9. The molecule has 47 heavy (non-hydrogen) atoms. The van der Waals surface area contributed by atoms with Crippen LogP contribution in [0.3, 0.4) is 0 Å². The fraction of sp³-hybridized carbons (Fsp3) is 0.513. The summed E-state index contributed by atoms with van der Waals surface area (Å²) in [6, 6.07) is 21.5. The summed E-state index contributed by atoms with van der Waals surface area (Å²) in [6.07, 6.45) is 6.50. The number of carbonyl (C=O) groups excluding carboxylic acids is 1. The standard InChI is InChI=1S/C39H56O6Si2/c1-29(26-43-46(10,11)37(3,4)5)22-32-23-31(30(2)25-39(32)35(42-28-41-9)24-36(40)45-39)27-44-47(38(6,7)8,33-18-14-12-15-19-33)34-20-16-13-17-21-34/h12-24,30,32H,25-28H2,1-11H3/b29-22+/t30-,32-,39-/m0/s1. The molecule has 1 heterocycles. The minimum absolute atomic E-state index is 0.0377. The van der Waals surface area contributed by atoms with E-state index in [9.17, 15) is 4.79 Å². The molecular weight excluding hydrogens is 621 g/mol. The predicted octanol–water partition coefficient (Wildman–Crippen LogP) is 7.91. The molecule has 1 spiro atoms. The minimum Gasteiger partial charge on any atom is -0.467 e. The number of hydrogen-bond acceptors (Lipinski definition) is 6. The van der Waals surface area contributed by atoms with Crippen LogP contribution in [0.25, 0.3) is 0 Å². The van der Waals surface area contributed by atoms with Crippen LogP contribution in [-0.2, 0) is 27.9 Å². The molecule has 0 saturated heterocycles. The highest BCUT2D eigenvalue weighted by molar-refractivity contribution is 6.99. The molecule has 1 aliphatic carbocycles. The Kier molecular flexibility index (Phi) is 11.3. The van der Waals surface area contributed by atoms with Crippen molar-refractivity contribution in [2.24, 2.45) is 11.8 Å². The molecular formula is C39H56O6Si2. The third-order valence-electron chi connectivity index (χ3n) is 10.3. The summed E-state index contributed by atoms with van der Waals surface area (Å²) in [6.45, 7) is 23.5. The molecule has 8 heteroatoms. The molecule has 0 amide bonds. The van der Waals surface area contributed by atoms with Gasteiger partial charge in [-0.05, 0) is 52.0 Å². The molecule has 2 aromatic carbocycles. The Balaban J connectivity index is 1.77. The number of hydrogen-bond donors (Lipinski definition) is 0. The molecule has 0 bridgehead atoms. The third kappa shape index (κ3) is 7.78. The van der Waals surface area contributed by atoms with E-state index in [2.05, 4.69) is 141 Å². The van der Waals surface area contributed by atoms with E-state index < -0.39 is 28.2 Å². The van der Waals surface area contributed by atoms with E-state index in [1.807, 2.05) is 0 Å². The largest absolute Gasteiger partial charge is 0.467 e. The SMILES string of the molecule is COCOC1=CC(=O)O[C@]12C[C@H](C)C(CO[Si](c1ccccc1)(c1ccccc1)C(C)(C)C)=C[C@@H]2/C=C(\C)CO[Si](C)(C)C(C)(C)C. The molecule has 0 fully saturated rings. The molecule has 1 aliphatic heterocycles. The maximum Gasteiger partial charge on any atom is 0.335 e. The second kappa shape index (κ2) is 14.4. The van der Waals surface area contributed by atoms with Crippen LogP contribution in [-0.4, -0.2) is 55.3 Å². The van der Waals surface area contributed by atoms with Gasteiger partial charge in [0.05, 0.1) is 19.3 Å². The van der Waals surface area contributed by atoms with Gasteiger partial charge in [-0.15, -0.1) is 0 Å². The van der Waals surface area contributed by atoms with Crippen LogP contribution >= 0.6 is 0 Å². The Morgan fingerprint density at radius 2 is 1.51 bits per heavy atom. The van der Waals surface area contributed by atoms with Gasteiger partial charge in [0.1, 0.15) is 0 Å². The number of ether oxygens (including phenoxy) is 3. The molecule has 0 saturated carbocycles. The lowest BCUT2D eigenvalue weighted by Crippen LogP contribution is -2.66. The smallest absolute Gasteiger partial charge is 0.335 e. The number of methoxy groups -OCH3 is 1. The van der Waals surface area contributed by atoms with Crippen molar-refractivity contribution in [3.8, 4) is 0 Å². The summed E-state index contributed by atoms with van der Waals surface area (Å²) in [7, 11) is -3.15. The monoisotopic (exact) mass is 676 g/mol. The second-order valence-corrected chi connectivity index (χ2v) is 24.9. The zero-order valence-corrected chi connectivity index (χ0v) is 32.4. The van der Waals surface area contributed by atoms with Crippen LogP contribution in [0, 0.1) is 11.8 Å². The topological polar surface area (TPSA) is 63.2 Å². The van der Waals surface area contributed by atoms with Crippen molar-refractivity contribution in [1.29, 1.82) is 0 Å². The summed E-state index contributed by atoms with van der Waals surface area (Å²) in [4.78, 5) is 12.9. The van der Waals surface area contributed by atoms with Gasteiger partial charge >= 0.3 is 5.97 Å². The Labute approximate surface area is 285 Å². The molecule has 2 aliphatic rings. The van der Waals surface area contributed by atoms with E-state index in [0.717, 1.165) is 5.57 Å². The van der Waals surface area contributed by atoms with Gasteiger partial charge < -0.3 is 23.1 Å². The summed E-state index contributed by atoms with van der Waals surface area (Å²) in [5.41, 5.74) is 1.32. The Bertz CT molecular complexity index is 1430. The Morgan fingerprint density at radius 1 is 0.936 bits per heavy atom. The molecule has 0 aromatic heterocycles. The molecule has 6 nitrogen and oxygen atoms in total. The van der Waals surface area contributed by atoms with Gasteiger partial charge in [-0.3, -0.25) is 0 Å². The predicted molar refractivity (Wildman–Crippen MR) is 196 cm³/mol. The molecule has 4 rings (SSSR count). The molecule has 3 atom stereocenters. The highest BCUT2D eigenvalue weighted by Gasteiger charge is 2.54. The maximum absolute atomic E-state index is 12.9. The van der Waals surface area contributed by atoms with Crippen LogP contribution in [0.5, 0.6) is 0 Å². The van der Waals surface area contributed by atoms with Crippen LogP contribution in [0.1, 0.15) is 61.8 Å². The first kappa shape index (κ1) is 37.1. The first-order chi connectivity index (χ1) is 22.0. The molecule has 2 aromatic rings. The van der Waals surface area contributed by atoms with Gasteiger partial charge in [0, 0.05) is 19.4 Å². The van der Waals surface area contributed by atoms with Crippen molar-refractivity contribution in [2.45, 2.75) is 90.6 Å². The van der Waals surface area contributed by atoms with E-state index in [4.69, 9.17) is 23.1 Å². The summed E-state index contributed by atoms with van der Waals surface area (Å²) < 4.78 is 31.5. The van der Waals surface area contributed by atoms with E-state index >= 15 is 0 Å². The number of esters is 1. The van der Waals surface area contributed by atoms with Crippen molar-refractivity contribution < 1.29 is 27.9 Å². The van der Waals surface area contributed by atoms with Gasteiger partial charge in [0.25, 0.3) is 8.32 Å². The normalized spacial score (nSPS) is 22.6. The van der Waals surface area contributed by atoms with E-state index in [1.54, 1.807) is 7.11 Å². The number of carbonyl (C=O) groups is 1. The van der Waals surface area contributed by atoms with Crippen LogP contribution in [0.15, 0.2) is 95.8 Å². The molecule has 0 radical (unpaired) electrons. The average Bonchev–Trinajstić information content (AvgIpc) is 3.31. The van der Waals surface area contributed by atoms with Crippen molar-refractivity contribution in [1.82, 2.24) is 0 Å². The van der Waals surface area contributed by atoms with Gasteiger partial charge in [-0.25, -0.2) is 4.79 Å². The van der Waals surface area contributed by atoms with Gasteiger partial charge in [0.2, 0.25) is 0 Å². The van der Waals surface area contributed by atoms with E-state index in [0.29, 0.717) is 25.4 Å². The minimum atomic E-state index is -2.76. The van der Waals surface area contributed by atoms with Crippen molar-refractivity contribution in [3.63, 3.8) is 0 Å². The van der Waals surface area contributed by atoms with Gasteiger partial charge in [0.15, 0.2) is 26.5 Å². The van der Waals surface area contributed by atoms with Crippen LogP contribution < -0.4 is 10.4 Å². The van der Waals surface area contributed by atoms with Crippen molar-refractivity contribution in [3.05, 3.63) is 95.8 Å². The first-order valence-electron chi connectivity index (χ1n) is 16.8. The average molecular weight is 677 g/mol. The third-order valence-corrected chi connectivity index (χ3v) is 19.7. The molecule has 0 unspecified atom stereocenters. The fourth-order valence-corrected chi connectivity index (χ4v) is 12.2.